The van der Waals surface area contributed by atoms with E-state index in [1.807, 2.05) is 129 Å². The van der Waals surface area contributed by atoms with Crippen molar-refractivity contribution in [3.05, 3.63) is 127 Å². The number of fused-ring (bicyclic) bond motifs is 3. The number of aliphatic hydroxyl groups is 1. The first-order valence-electron chi connectivity index (χ1n) is 17.2. The number of nitrogens with zero attached hydrogens (tertiary/aromatic N) is 3. The van der Waals surface area contributed by atoms with E-state index >= 15 is 9.59 Å². The van der Waals surface area contributed by atoms with Crippen molar-refractivity contribution in [1.29, 1.82) is 0 Å². The molecule has 4 aliphatic rings. The Morgan fingerprint density at radius 2 is 1.44 bits per heavy atom. The Bertz CT molecular complexity index is 2030. The number of anilines is 2. The van der Waals surface area contributed by atoms with Gasteiger partial charge in [0, 0.05) is 29.2 Å². The van der Waals surface area contributed by atoms with Crippen molar-refractivity contribution in [1.82, 2.24) is 4.90 Å². The molecule has 1 N–H and O–H groups in total. The van der Waals surface area contributed by atoms with Gasteiger partial charge in [0.2, 0.25) is 11.8 Å². The topological polar surface area (TPSA) is 90.4 Å². The lowest BCUT2D eigenvalue weighted by atomic mass is 9.74. The summed E-state index contributed by atoms with van der Waals surface area (Å²) in [6.07, 6.45) is 8.06. The number of amides is 3. The molecule has 9 heteroatoms. The molecule has 0 saturated carbocycles. The highest BCUT2D eigenvalue weighted by atomic mass is 32.2. The van der Waals surface area contributed by atoms with Gasteiger partial charge in [-0.05, 0) is 66.6 Å². The molecule has 254 valence electrons. The maximum atomic E-state index is 15.2. The van der Waals surface area contributed by atoms with Crippen molar-refractivity contribution in [2.75, 3.05) is 36.1 Å². The van der Waals surface area contributed by atoms with Gasteiger partial charge >= 0.3 is 0 Å². The van der Waals surface area contributed by atoms with Crippen molar-refractivity contribution in [3.63, 3.8) is 0 Å². The van der Waals surface area contributed by atoms with Gasteiger partial charge in [-0.3, -0.25) is 14.4 Å². The first-order chi connectivity index (χ1) is 24.3. The molecule has 1 spiro atoms. The van der Waals surface area contributed by atoms with E-state index in [1.54, 1.807) is 14.7 Å². The quantitative estimate of drug-likeness (QED) is 0.234. The second kappa shape index (κ2) is 12.5. The Labute approximate surface area is 296 Å². The molecule has 8 rings (SSSR count). The summed E-state index contributed by atoms with van der Waals surface area (Å²) in [6.45, 7) is 4.77. The van der Waals surface area contributed by atoms with Crippen molar-refractivity contribution in [2.24, 2.45) is 11.8 Å². The van der Waals surface area contributed by atoms with Gasteiger partial charge in [-0.15, -0.1) is 11.8 Å². The Morgan fingerprint density at radius 1 is 0.780 bits per heavy atom. The molecule has 4 aromatic carbocycles. The van der Waals surface area contributed by atoms with E-state index in [1.165, 1.54) is 11.8 Å². The summed E-state index contributed by atoms with van der Waals surface area (Å²) in [5.74, 6) is -1.60. The van der Waals surface area contributed by atoms with Crippen LogP contribution in [0, 0.1) is 11.8 Å². The van der Waals surface area contributed by atoms with Crippen LogP contribution in [0.3, 0.4) is 0 Å². The van der Waals surface area contributed by atoms with Crippen LogP contribution in [0.1, 0.15) is 25.5 Å². The lowest BCUT2D eigenvalue weighted by molar-refractivity contribution is -0.142. The zero-order chi connectivity index (χ0) is 34.6. The van der Waals surface area contributed by atoms with Crippen LogP contribution in [0.4, 0.5) is 11.4 Å². The van der Waals surface area contributed by atoms with Gasteiger partial charge in [-0.25, -0.2) is 0 Å². The third-order valence-electron chi connectivity index (χ3n) is 10.7. The molecule has 4 aromatic rings. The van der Waals surface area contributed by atoms with Gasteiger partial charge in [0.05, 0.1) is 35.8 Å². The largest absolute Gasteiger partial charge is 0.494 e. The first-order valence-corrected chi connectivity index (χ1v) is 18.0. The van der Waals surface area contributed by atoms with Gasteiger partial charge in [0.15, 0.2) is 0 Å². The third-order valence-corrected chi connectivity index (χ3v) is 12.5. The molecule has 4 aliphatic heterocycles. The van der Waals surface area contributed by atoms with E-state index < -0.39 is 33.4 Å². The predicted molar refractivity (Wildman–Crippen MR) is 197 cm³/mol. The maximum Gasteiger partial charge on any atom is 0.251 e. The molecule has 1 unspecified atom stereocenters. The summed E-state index contributed by atoms with van der Waals surface area (Å²) in [7, 11) is 0. The van der Waals surface area contributed by atoms with E-state index in [2.05, 4.69) is 6.08 Å². The van der Waals surface area contributed by atoms with Crippen LogP contribution in [-0.2, 0) is 14.4 Å². The highest BCUT2D eigenvalue weighted by Gasteiger charge is 2.74. The van der Waals surface area contributed by atoms with Gasteiger partial charge in [-0.2, -0.15) is 0 Å². The highest BCUT2D eigenvalue weighted by Crippen LogP contribution is 2.66. The molecule has 2 fully saturated rings. The fourth-order valence-corrected chi connectivity index (χ4v) is 10.7. The normalized spacial score (nSPS) is 27.9. The molecule has 0 aromatic heterocycles. The predicted octanol–water partition coefficient (Wildman–Crippen LogP) is 6.17. The number of rotatable bonds is 7. The molecular formula is C41H39N3O5S. The van der Waals surface area contributed by atoms with E-state index in [0.29, 0.717) is 31.1 Å². The van der Waals surface area contributed by atoms with Crippen molar-refractivity contribution in [3.8, 4) is 5.75 Å². The lowest BCUT2D eigenvalue weighted by Gasteiger charge is -2.40. The fourth-order valence-electron chi connectivity index (χ4n) is 8.52. The van der Waals surface area contributed by atoms with E-state index in [4.69, 9.17) is 4.74 Å². The van der Waals surface area contributed by atoms with Crippen LogP contribution < -0.4 is 14.5 Å². The van der Waals surface area contributed by atoms with Crippen molar-refractivity contribution >= 4 is 51.6 Å². The van der Waals surface area contributed by atoms with Crippen molar-refractivity contribution < 1.29 is 24.2 Å². The van der Waals surface area contributed by atoms with Gasteiger partial charge in [-0.1, -0.05) is 85.0 Å². The number of carbonyl (C=O) groups excluding carboxylic acids is 3. The van der Waals surface area contributed by atoms with Crippen LogP contribution in [-0.4, -0.2) is 69.6 Å². The summed E-state index contributed by atoms with van der Waals surface area (Å²) in [6, 6.07) is 29.0. The molecule has 2 saturated heterocycles. The number of likely N-dealkylation sites (tertiary alicyclic amines) is 1. The number of thioether (sulfide) groups is 1. The Balaban J connectivity index is 1.26. The minimum absolute atomic E-state index is 0.165. The second-order valence-electron chi connectivity index (χ2n) is 13.5. The van der Waals surface area contributed by atoms with Crippen LogP contribution in [0.5, 0.6) is 5.75 Å². The summed E-state index contributed by atoms with van der Waals surface area (Å²) in [4.78, 5) is 50.4. The number of carbonyl (C=O) groups is 3. The molecule has 0 radical (unpaired) electrons. The fraction of sp³-hybridized carbons (Fsp3) is 0.293. The number of hydrogen-bond donors (Lipinski definition) is 1. The lowest BCUT2D eigenvalue weighted by Crippen LogP contribution is -2.54. The zero-order valence-electron chi connectivity index (χ0n) is 28.0. The number of hydrogen-bond acceptors (Lipinski definition) is 6. The van der Waals surface area contributed by atoms with E-state index in [9.17, 15) is 9.90 Å². The molecule has 50 heavy (non-hydrogen) atoms. The minimum Gasteiger partial charge on any atom is -0.494 e. The highest BCUT2D eigenvalue weighted by molar-refractivity contribution is 8.02. The summed E-state index contributed by atoms with van der Waals surface area (Å²) in [5.41, 5.74) is 2.17. The maximum absolute atomic E-state index is 15.2. The number of aliphatic hydroxyl groups excluding tert-OH is 1. The summed E-state index contributed by atoms with van der Waals surface area (Å²) in [5, 5.41) is 13.0. The average Bonchev–Trinajstić information content (AvgIpc) is 3.40. The Kier molecular flexibility index (Phi) is 8.07. The average molecular weight is 686 g/mol. The molecule has 8 nitrogen and oxygen atoms in total. The smallest absolute Gasteiger partial charge is 0.251 e. The van der Waals surface area contributed by atoms with Gasteiger partial charge < -0.3 is 24.5 Å². The molecule has 0 aliphatic carbocycles. The van der Waals surface area contributed by atoms with Gasteiger partial charge in [0.1, 0.15) is 11.8 Å². The third kappa shape index (κ3) is 4.97. The minimum atomic E-state index is -1.07. The van der Waals surface area contributed by atoms with Crippen LogP contribution in [0.15, 0.2) is 121 Å². The standard InChI is InChI=1S/C41H39N3O5S/c1-3-49-32-19-17-30(18-20-32)42-23-9-21-40(2)34(37(42)46)35-38(47)44(33(26-45)28-12-5-4-6-13-28)36-39(48)43(24-10-22-41(35,36)50-40)31-16-15-27-11-7-8-14-29(27)25-31/h4-22,25,33-36,45H,3,23-24,26H2,1-2H3/t33-,34-,35+,36?,40+,41+/m1/s1. The number of ether oxygens (including phenoxy) is 1. The summed E-state index contributed by atoms with van der Waals surface area (Å²) < 4.78 is 3.81. The molecule has 3 amide bonds. The second-order valence-corrected chi connectivity index (χ2v) is 15.3. The Morgan fingerprint density at radius 3 is 2.16 bits per heavy atom. The van der Waals surface area contributed by atoms with Crippen LogP contribution in [0.2, 0.25) is 0 Å². The van der Waals surface area contributed by atoms with E-state index in [-0.39, 0.29) is 24.3 Å². The summed E-state index contributed by atoms with van der Waals surface area (Å²) >= 11 is 1.54. The number of benzene rings is 4. The van der Waals surface area contributed by atoms with Gasteiger partial charge in [0.25, 0.3) is 5.91 Å². The monoisotopic (exact) mass is 685 g/mol. The first kappa shape index (κ1) is 32.4. The zero-order valence-corrected chi connectivity index (χ0v) is 28.8. The Hall–Kier alpha value is -4.86. The van der Waals surface area contributed by atoms with Crippen LogP contribution >= 0.6 is 11.8 Å². The SMILES string of the molecule is CCOc1ccc(N2CC=C[C@]3(C)S[C@]45C=CCN(c6ccc7ccccc7c6)C(=O)C4N([C@H](CO)c4ccccc4)C(=O)[C@@H]5[C@@H]3C2=O)cc1. The molecule has 0 bridgehead atoms. The van der Waals surface area contributed by atoms with E-state index in [0.717, 1.165) is 22.0 Å². The molecular weight excluding hydrogens is 647 g/mol. The van der Waals surface area contributed by atoms with Crippen molar-refractivity contribution in [2.45, 2.75) is 35.4 Å². The van der Waals surface area contributed by atoms with Crippen LogP contribution in [0.25, 0.3) is 10.8 Å². The molecule has 4 heterocycles. The molecule has 6 atom stereocenters.